The summed E-state index contributed by atoms with van der Waals surface area (Å²) in [7, 11) is 1.64. The summed E-state index contributed by atoms with van der Waals surface area (Å²) < 4.78 is 13.1. The molecule has 0 unspecified atom stereocenters. The quantitative estimate of drug-likeness (QED) is 0.682. The van der Waals surface area contributed by atoms with E-state index in [1.807, 2.05) is 61.7 Å². The number of benzene rings is 2. The molecule has 0 spiro atoms. The van der Waals surface area contributed by atoms with Gasteiger partial charge in [-0.25, -0.2) is 4.68 Å². The van der Waals surface area contributed by atoms with E-state index in [9.17, 15) is 4.79 Å². The average Bonchev–Trinajstić information content (AvgIpc) is 3.16. The molecule has 2 heterocycles. The van der Waals surface area contributed by atoms with E-state index >= 15 is 0 Å². The van der Waals surface area contributed by atoms with Crippen LogP contribution in [0.2, 0.25) is 0 Å². The van der Waals surface area contributed by atoms with Crippen molar-refractivity contribution in [3.63, 3.8) is 0 Å². The van der Waals surface area contributed by atoms with Crippen LogP contribution in [0, 0.1) is 0 Å². The molecule has 1 aliphatic heterocycles. The lowest BCUT2D eigenvalue weighted by Gasteiger charge is -2.21. The van der Waals surface area contributed by atoms with Gasteiger partial charge in [-0.15, -0.1) is 0 Å². The number of nitrogens with one attached hydrogen (secondary N) is 1. The highest BCUT2D eigenvalue weighted by Crippen LogP contribution is 2.24. The number of hydrogen-bond acceptors (Lipinski definition) is 5. The molecule has 4 rings (SSSR count). The third kappa shape index (κ3) is 4.63. The van der Waals surface area contributed by atoms with E-state index in [0.717, 1.165) is 28.3 Å². The lowest BCUT2D eigenvalue weighted by molar-refractivity contribution is -0.122. The fourth-order valence-corrected chi connectivity index (χ4v) is 3.65. The van der Waals surface area contributed by atoms with E-state index in [2.05, 4.69) is 15.3 Å². The minimum Gasteiger partial charge on any atom is -0.494 e. The molecule has 3 aromatic rings. The number of amides is 1. The fourth-order valence-electron chi connectivity index (χ4n) is 3.65. The summed E-state index contributed by atoms with van der Waals surface area (Å²) in [5.41, 5.74) is 2.88. The summed E-state index contributed by atoms with van der Waals surface area (Å²) in [5, 5.41) is 7.39. The Morgan fingerprint density at radius 1 is 1.23 bits per heavy atom. The molecule has 1 aliphatic rings. The topological polar surface area (TPSA) is 68.6 Å². The van der Waals surface area contributed by atoms with E-state index in [1.165, 1.54) is 0 Å². The summed E-state index contributed by atoms with van der Waals surface area (Å²) in [6.07, 6.45) is 3.68. The maximum Gasteiger partial charge on any atom is 0.234 e. The molecule has 0 saturated carbocycles. The van der Waals surface area contributed by atoms with E-state index in [4.69, 9.17) is 9.47 Å². The van der Waals surface area contributed by atoms with Crippen LogP contribution >= 0.6 is 0 Å². The number of para-hydroxylation sites is 3. The molecular formula is C23H26N4O3. The lowest BCUT2D eigenvalue weighted by atomic mass is 10.2. The molecule has 1 amide bonds. The van der Waals surface area contributed by atoms with E-state index in [-0.39, 0.29) is 12.0 Å². The molecule has 2 aromatic carbocycles. The first-order chi connectivity index (χ1) is 14.6. The van der Waals surface area contributed by atoms with Crippen LogP contribution < -0.4 is 14.8 Å². The number of aromatic nitrogens is 2. The van der Waals surface area contributed by atoms with E-state index in [1.54, 1.807) is 18.0 Å². The Morgan fingerprint density at radius 3 is 2.90 bits per heavy atom. The molecule has 0 saturated heterocycles. The number of nitrogens with zero attached hydrogens (tertiary/aromatic N) is 3. The third-order valence-electron chi connectivity index (χ3n) is 5.03. The number of carbonyl (C=O) groups is 1. The van der Waals surface area contributed by atoms with Gasteiger partial charge in [0.05, 0.1) is 19.9 Å². The van der Waals surface area contributed by atoms with Gasteiger partial charge in [-0.3, -0.25) is 9.69 Å². The monoisotopic (exact) mass is 406 g/mol. The highest BCUT2D eigenvalue weighted by molar-refractivity contribution is 5.78. The molecule has 0 bridgehead atoms. The predicted octanol–water partition coefficient (Wildman–Crippen LogP) is 2.78. The Bertz CT molecular complexity index is 1020. The Morgan fingerprint density at radius 2 is 2.03 bits per heavy atom. The van der Waals surface area contributed by atoms with Crippen LogP contribution in [0.1, 0.15) is 18.1 Å². The van der Waals surface area contributed by atoms with Gasteiger partial charge in [-0.2, -0.15) is 5.10 Å². The van der Waals surface area contributed by atoms with Crippen molar-refractivity contribution in [3.8, 4) is 17.2 Å². The van der Waals surface area contributed by atoms with Crippen LogP contribution in [0.3, 0.4) is 0 Å². The molecule has 156 valence electrons. The molecule has 1 atom stereocenters. The zero-order valence-corrected chi connectivity index (χ0v) is 17.2. The highest BCUT2D eigenvalue weighted by Gasteiger charge is 2.21. The van der Waals surface area contributed by atoms with Crippen molar-refractivity contribution in [2.24, 2.45) is 0 Å². The molecule has 7 nitrogen and oxygen atoms in total. The number of fused-ring (bicyclic) bond motifs is 1. The van der Waals surface area contributed by atoms with Gasteiger partial charge in [0.25, 0.3) is 0 Å². The first kappa shape index (κ1) is 20.0. The zero-order valence-electron chi connectivity index (χ0n) is 17.2. The summed E-state index contributed by atoms with van der Waals surface area (Å²) in [6.45, 7) is 4.17. The van der Waals surface area contributed by atoms with Crippen molar-refractivity contribution >= 4 is 5.91 Å². The maximum atomic E-state index is 12.6. The first-order valence-corrected chi connectivity index (χ1v) is 10.0. The van der Waals surface area contributed by atoms with Crippen molar-refractivity contribution < 1.29 is 14.3 Å². The third-order valence-corrected chi connectivity index (χ3v) is 5.03. The van der Waals surface area contributed by atoms with Crippen molar-refractivity contribution in [2.75, 3.05) is 20.2 Å². The highest BCUT2D eigenvalue weighted by atomic mass is 16.5. The normalized spacial score (nSPS) is 16.3. The molecule has 1 aromatic heterocycles. The smallest absolute Gasteiger partial charge is 0.234 e. The van der Waals surface area contributed by atoms with Gasteiger partial charge in [0.15, 0.2) is 0 Å². The molecule has 0 radical (unpaired) electrons. The Kier molecular flexibility index (Phi) is 5.99. The molecule has 30 heavy (non-hydrogen) atoms. The van der Waals surface area contributed by atoms with Crippen molar-refractivity contribution in [3.05, 3.63) is 72.1 Å². The van der Waals surface area contributed by atoms with Crippen molar-refractivity contribution in [1.29, 1.82) is 0 Å². The molecular weight excluding hydrogens is 380 g/mol. The number of rotatable bonds is 6. The minimum absolute atomic E-state index is 0.0216. The number of carbonyl (C=O) groups excluding carboxylic acids is 1. The van der Waals surface area contributed by atoms with Crippen LogP contribution in [0.5, 0.6) is 11.5 Å². The predicted molar refractivity (Wildman–Crippen MR) is 114 cm³/mol. The Hall–Kier alpha value is -3.32. The first-order valence-electron chi connectivity index (χ1n) is 10.0. The van der Waals surface area contributed by atoms with Crippen LogP contribution in [-0.4, -0.2) is 46.9 Å². The summed E-state index contributed by atoms with van der Waals surface area (Å²) in [6, 6.07) is 15.7. The summed E-state index contributed by atoms with van der Waals surface area (Å²) in [4.78, 5) is 14.7. The van der Waals surface area contributed by atoms with Crippen LogP contribution in [0.15, 0.2) is 60.9 Å². The summed E-state index contributed by atoms with van der Waals surface area (Å²) >= 11 is 0. The van der Waals surface area contributed by atoms with Crippen LogP contribution in [0.25, 0.3) is 5.69 Å². The Balaban J connectivity index is 1.35. The van der Waals surface area contributed by atoms with Gasteiger partial charge in [-0.1, -0.05) is 30.3 Å². The van der Waals surface area contributed by atoms with Gasteiger partial charge in [0.2, 0.25) is 5.91 Å². The van der Waals surface area contributed by atoms with Gasteiger partial charge in [-0.05, 0) is 25.1 Å². The molecule has 0 fully saturated rings. The minimum atomic E-state index is -0.0216. The number of ether oxygens (including phenoxy) is 2. The van der Waals surface area contributed by atoms with E-state index < -0.39 is 0 Å². The zero-order chi connectivity index (χ0) is 20.9. The second-order valence-corrected chi connectivity index (χ2v) is 7.45. The standard InChI is InChI=1S/C23H26N4O3/c1-17-13-26(15-19-7-3-5-9-21(19)30-17)16-23(28)24-11-18-12-25-27(14-18)20-8-4-6-10-22(20)29-2/h3-10,12,14,17H,11,13,15-16H2,1-2H3,(H,24,28)/t17-/m0/s1. The second kappa shape index (κ2) is 9.00. The van der Waals surface area contributed by atoms with Gasteiger partial charge in [0.1, 0.15) is 23.3 Å². The number of methoxy groups -OCH3 is 1. The van der Waals surface area contributed by atoms with E-state index in [0.29, 0.717) is 26.2 Å². The Labute approximate surface area is 176 Å². The van der Waals surface area contributed by atoms with Gasteiger partial charge >= 0.3 is 0 Å². The SMILES string of the molecule is COc1ccccc1-n1cc(CNC(=O)CN2Cc3ccccc3O[C@@H](C)C2)cn1. The summed E-state index contributed by atoms with van der Waals surface area (Å²) in [5.74, 6) is 1.62. The molecule has 1 N–H and O–H groups in total. The van der Waals surface area contributed by atoms with Crippen molar-refractivity contribution in [2.45, 2.75) is 26.1 Å². The van der Waals surface area contributed by atoms with Crippen LogP contribution in [-0.2, 0) is 17.9 Å². The lowest BCUT2D eigenvalue weighted by Crippen LogP contribution is -2.39. The molecule has 7 heteroatoms. The van der Waals surface area contributed by atoms with Gasteiger partial charge < -0.3 is 14.8 Å². The van der Waals surface area contributed by atoms with Crippen LogP contribution in [0.4, 0.5) is 0 Å². The maximum absolute atomic E-state index is 12.6. The second-order valence-electron chi connectivity index (χ2n) is 7.45. The van der Waals surface area contributed by atoms with Crippen molar-refractivity contribution in [1.82, 2.24) is 20.0 Å². The number of hydrogen-bond donors (Lipinski definition) is 1. The largest absolute Gasteiger partial charge is 0.494 e. The van der Waals surface area contributed by atoms with Gasteiger partial charge in [0, 0.05) is 37.0 Å². The fraction of sp³-hybridized carbons (Fsp3) is 0.304. The average molecular weight is 406 g/mol. The molecule has 0 aliphatic carbocycles.